The lowest BCUT2D eigenvalue weighted by Crippen LogP contribution is -2.29. The maximum absolute atomic E-state index is 12.0. The second-order valence-corrected chi connectivity index (χ2v) is 6.00. The fourth-order valence-corrected chi connectivity index (χ4v) is 2.71. The average Bonchev–Trinajstić information content (AvgIpc) is 2.52. The van der Waals surface area contributed by atoms with E-state index in [-0.39, 0.29) is 23.6 Å². The molecule has 7 nitrogen and oxygen atoms in total. The number of aromatic nitrogens is 2. The molecule has 0 unspecified atom stereocenters. The van der Waals surface area contributed by atoms with E-state index in [1.165, 1.54) is 16.4 Å². The van der Waals surface area contributed by atoms with E-state index in [1.54, 1.807) is 31.3 Å². The van der Waals surface area contributed by atoms with E-state index in [1.807, 2.05) is 0 Å². The number of amides is 1. The number of carboxylic acids is 1. The van der Waals surface area contributed by atoms with Crippen molar-refractivity contribution in [2.45, 2.75) is 6.42 Å². The maximum atomic E-state index is 12.0. The van der Waals surface area contributed by atoms with E-state index in [0.29, 0.717) is 28.8 Å². The lowest BCUT2D eigenvalue weighted by atomic mass is 10.1. The Morgan fingerprint density at radius 2 is 2.00 bits per heavy atom. The highest BCUT2D eigenvalue weighted by Crippen LogP contribution is 2.13. The van der Waals surface area contributed by atoms with Gasteiger partial charge in [0.05, 0.1) is 23.3 Å². The largest absolute Gasteiger partial charge is 0.481 e. The van der Waals surface area contributed by atoms with Gasteiger partial charge in [0.25, 0.3) is 5.56 Å². The van der Waals surface area contributed by atoms with Gasteiger partial charge in [0.15, 0.2) is 0 Å². The predicted molar refractivity (Wildman–Crippen MR) is 88.7 cm³/mol. The molecule has 1 aromatic heterocycles. The lowest BCUT2D eigenvalue weighted by Gasteiger charge is -2.08. The second-order valence-electron chi connectivity index (χ2n) is 4.89. The Morgan fingerprint density at radius 1 is 1.30 bits per heavy atom. The van der Waals surface area contributed by atoms with Crippen LogP contribution in [0.1, 0.15) is 5.69 Å². The summed E-state index contributed by atoms with van der Waals surface area (Å²) >= 11 is 1.24. The van der Waals surface area contributed by atoms with Gasteiger partial charge >= 0.3 is 5.97 Å². The third-order valence-electron chi connectivity index (χ3n) is 3.16. The molecule has 0 aliphatic heterocycles. The molecule has 0 saturated heterocycles. The molecule has 2 aromatic rings. The van der Waals surface area contributed by atoms with Crippen molar-refractivity contribution in [2.24, 2.45) is 7.05 Å². The molecule has 0 saturated carbocycles. The van der Waals surface area contributed by atoms with Gasteiger partial charge in [0.2, 0.25) is 5.91 Å². The highest BCUT2D eigenvalue weighted by Gasteiger charge is 2.12. The number of nitrogens with zero attached hydrogens (tertiary/aromatic N) is 2. The number of hydrogen-bond donors (Lipinski definition) is 2. The lowest BCUT2D eigenvalue weighted by molar-refractivity contribution is -0.133. The topological polar surface area (TPSA) is 101 Å². The van der Waals surface area contributed by atoms with Crippen LogP contribution in [0, 0.1) is 0 Å². The van der Waals surface area contributed by atoms with Crippen LogP contribution >= 0.6 is 11.8 Å². The number of carboxylic acid groups (broad SMARTS) is 1. The smallest absolute Gasteiger partial charge is 0.313 e. The van der Waals surface area contributed by atoms with Crippen LogP contribution in [-0.2, 0) is 23.1 Å². The van der Waals surface area contributed by atoms with Crippen LogP contribution in [0.15, 0.2) is 29.1 Å². The van der Waals surface area contributed by atoms with E-state index < -0.39 is 5.97 Å². The number of hydrogen-bond acceptors (Lipinski definition) is 5. The molecular weight excluding hydrogens is 318 g/mol. The van der Waals surface area contributed by atoms with Crippen molar-refractivity contribution < 1.29 is 14.7 Å². The molecule has 0 bridgehead atoms. The first-order valence-corrected chi connectivity index (χ1v) is 8.15. The van der Waals surface area contributed by atoms with Gasteiger partial charge in [-0.2, -0.15) is 5.10 Å². The molecule has 1 aromatic carbocycles. The molecule has 23 heavy (non-hydrogen) atoms. The maximum Gasteiger partial charge on any atom is 0.313 e. The van der Waals surface area contributed by atoms with Crippen LogP contribution in [0.2, 0.25) is 0 Å². The predicted octanol–water partition coefficient (Wildman–Crippen LogP) is 0.410. The van der Waals surface area contributed by atoms with Crippen molar-refractivity contribution in [3.05, 3.63) is 40.3 Å². The van der Waals surface area contributed by atoms with E-state index in [0.717, 1.165) is 0 Å². The van der Waals surface area contributed by atoms with Crippen molar-refractivity contribution in [3.8, 4) is 0 Å². The number of rotatable bonds is 7. The number of aryl methyl sites for hydroxylation is 1. The van der Waals surface area contributed by atoms with E-state index in [4.69, 9.17) is 5.11 Å². The summed E-state index contributed by atoms with van der Waals surface area (Å²) in [5.41, 5.74) is 0.341. The van der Waals surface area contributed by atoms with Gasteiger partial charge in [-0.15, -0.1) is 11.8 Å². The average molecular weight is 335 g/mol. The zero-order valence-electron chi connectivity index (χ0n) is 12.6. The number of fused-ring (bicyclic) bond motifs is 1. The van der Waals surface area contributed by atoms with E-state index in [9.17, 15) is 14.4 Å². The summed E-state index contributed by atoms with van der Waals surface area (Å²) in [4.78, 5) is 34.4. The van der Waals surface area contributed by atoms with Gasteiger partial charge < -0.3 is 10.4 Å². The first-order valence-electron chi connectivity index (χ1n) is 7.00. The molecule has 1 heterocycles. The molecule has 2 N–H and O–H groups in total. The normalized spacial score (nSPS) is 10.7. The van der Waals surface area contributed by atoms with Gasteiger partial charge in [-0.25, -0.2) is 4.68 Å². The second kappa shape index (κ2) is 7.77. The van der Waals surface area contributed by atoms with Crippen LogP contribution in [-0.4, -0.2) is 44.8 Å². The van der Waals surface area contributed by atoms with Crippen LogP contribution in [0.5, 0.6) is 0 Å². The number of aliphatic carboxylic acids is 1. The molecule has 8 heteroatoms. The van der Waals surface area contributed by atoms with Crippen LogP contribution in [0.4, 0.5) is 0 Å². The summed E-state index contributed by atoms with van der Waals surface area (Å²) in [7, 11) is 1.55. The molecule has 2 rings (SSSR count). The number of thioether (sulfide) groups is 1. The third-order valence-corrected chi connectivity index (χ3v) is 4.10. The molecule has 0 aliphatic rings. The summed E-state index contributed by atoms with van der Waals surface area (Å²) in [6.45, 7) is 0.389. The van der Waals surface area contributed by atoms with Crippen molar-refractivity contribution in [1.29, 1.82) is 0 Å². The Kier molecular flexibility index (Phi) is 5.75. The third kappa shape index (κ3) is 4.56. The van der Waals surface area contributed by atoms with Gasteiger partial charge in [-0.1, -0.05) is 18.2 Å². The van der Waals surface area contributed by atoms with Gasteiger partial charge in [-0.05, 0) is 6.07 Å². The molecule has 0 fully saturated rings. The number of nitrogens with one attached hydrogen (secondary N) is 1. The number of benzene rings is 1. The monoisotopic (exact) mass is 335 g/mol. The fraction of sp³-hybridized carbons (Fsp3) is 0.333. The van der Waals surface area contributed by atoms with Gasteiger partial charge in [0, 0.05) is 24.7 Å². The summed E-state index contributed by atoms with van der Waals surface area (Å²) in [6, 6.07) is 7.05. The van der Waals surface area contributed by atoms with Crippen molar-refractivity contribution in [1.82, 2.24) is 15.1 Å². The van der Waals surface area contributed by atoms with Crippen LogP contribution in [0.25, 0.3) is 10.8 Å². The van der Waals surface area contributed by atoms with Crippen LogP contribution in [0.3, 0.4) is 0 Å². The minimum absolute atomic E-state index is 0.0167. The Hall–Kier alpha value is -2.35. The molecule has 1 amide bonds. The first kappa shape index (κ1) is 17.0. The Morgan fingerprint density at radius 3 is 2.70 bits per heavy atom. The van der Waals surface area contributed by atoms with Crippen molar-refractivity contribution in [2.75, 3.05) is 18.1 Å². The number of carbonyl (C=O) groups is 2. The summed E-state index contributed by atoms with van der Waals surface area (Å²) in [5.74, 6) is -0.540. The minimum Gasteiger partial charge on any atom is -0.481 e. The molecule has 0 spiro atoms. The Labute approximate surface area is 136 Å². The molecule has 0 atom stereocenters. The van der Waals surface area contributed by atoms with Gasteiger partial charge in [-0.3, -0.25) is 14.4 Å². The molecule has 0 aliphatic carbocycles. The molecule has 122 valence electrons. The fourth-order valence-electron chi connectivity index (χ4n) is 2.14. The molecule has 0 radical (unpaired) electrons. The summed E-state index contributed by atoms with van der Waals surface area (Å²) in [6.07, 6.45) is 0.0677. The first-order chi connectivity index (χ1) is 11.0. The van der Waals surface area contributed by atoms with Gasteiger partial charge in [0.1, 0.15) is 0 Å². The highest BCUT2D eigenvalue weighted by molar-refractivity contribution is 7.99. The highest BCUT2D eigenvalue weighted by atomic mass is 32.2. The van der Waals surface area contributed by atoms with E-state index >= 15 is 0 Å². The zero-order valence-corrected chi connectivity index (χ0v) is 13.4. The van der Waals surface area contributed by atoms with Crippen LogP contribution < -0.4 is 10.9 Å². The zero-order chi connectivity index (χ0) is 16.8. The van der Waals surface area contributed by atoms with E-state index in [2.05, 4.69) is 10.4 Å². The molecular formula is C15H17N3O4S. The van der Waals surface area contributed by atoms with Crippen molar-refractivity contribution in [3.63, 3.8) is 0 Å². The summed E-state index contributed by atoms with van der Waals surface area (Å²) < 4.78 is 1.23. The SMILES string of the molecule is Cn1nc(CC(=O)NCCSCC(=O)O)c2ccccc2c1=O. The Balaban J connectivity index is 2.01. The minimum atomic E-state index is -0.873. The van der Waals surface area contributed by atoms with Crippen molar-refractivity contribution >= 4 is 34.4 Å². The Bertz CT molecular complexity index is 788. The quantitative estimate of drug-likeness (QED) is 0.711. The standard InChI is InChI=1S/C15H17N3O4S/c1-18-15(22)11-5-3-2-4-10(11)12(17-18)8-13(19)16-6-7-23-9-14(20)21/h2-5H,6-9H2,1H3,(H,16,19)(H,20,21). The summed E-state index contributed by atoms with van der Waals surface area (Å²) in [5, 5.41) is 16.6. The number of carbonyl (C=O) groups excluding carboxylic acids is 1.